The predicted molar refractivity (Wildman–Crippen MR) is 263 cm³/mol. The summed E-state index contributed by atoms with van der Waals surface area (Å²) in [4.78, 5) is 21.4. The van der Waals surface area contributed by atoms with Gasteiger partial charge in [-0.15, -0.1) is 0 Å². The molecular formula is C56H41N7O. The van der Waals surface area contributed by atoms with E-state index in [0.29, 0.717) is 18.2 Å². The Morgan fingerprint density at radius 3 is 2.16 bits per heavy atom. The van der Waals surface area contributed by atoms with Crippen LogP contribution in [0.4, 0.5) is 11.5 Å². The van der Waals surface area contributed by atoms with Gasteiger partial charge in [0.05, 0.1) is 23.3 Å². The number of pyridine rings is 2. The SMILES string of the molecule is CN(c1cccc(CN=C(N=C(N)c2ccccc2)c2ccccc2)n1)c1ccccc1-c1ccc(-c2ccc3c(c2)c2ccccc2n3-c2ccc3c(c2)oc2cccnc23)cc1. The molecule has 0 fully saturated rings. The van der Waals surface area contributed by atoms with E-state index in [9.17, 15) is 0 Å². The van der Waals surface area contributed by atoms with Gasteiger partial charge in [0.25, 0.3) is 0 Å². The maximum absolute atomic E-state index is 6.45. The molecule has 4 aromatic heterocycles. The third-order valence-electron chi connectivity index (χ3n) is 11.8. The lowest BCUT2D eigenvalue weighted by molar-refractivity contribution is 0.668. The quantitative estimate of drug-likeness (QED) is 0.115. The van der Waals surface area contributed by atoms with Crippen molar-refractivity contribution in [3.63, 3.8) is 0 Å². The van der Waals surface area contributed by atoms with Crippen molar-refractivity contribution in [1.29, 1.82) is 0 Å². The average Bonchev–Trinajstić information content (AvgIpc) is 3.90. The van der Waals surface area contributed by atoms with Crippen molar-refractivity contribution >= 4 is 67.1 Å². The Hall–Kier alpha value is -8.62. The molecule has 8 heteroatoms. The minimum absolute atomic E-state index is 0.336. The van der Waals surface area contributed by atoms with Crippen molar-refractivity contribution in [2.24, 2.45) is 15.7 Å². The second kappa shape index (κ2) is 16.3. The highest BCUT2D eigenvalue weighted by Gasteiger charge is 2.17. The Labute approximate surface area is 370 Å². The Bertz CT molecular complexity index is 3550. The van der Waals surface area contributed by atoms with Gasteiger partial charge in [0.2, 0.25) is 0 Å². The number of nitrogens with zero attached hydrogens (tertiary/aromatic N) is 6. The molecule has 11 aromatic rings. The number of anilines is 2. The molecule has 0 spiro atoms. The molecule has 7 aromatic carbocycles. The number of hydrogen-bond donors (Lipinski definition) is 1. The van der Waals surface area contributed by atoms with Crippen LogP contribution in [0, 0.1) is 0 Å². The van der Waals surface area contributed by atoms with Crippen LogP contribution in [0.5, 0.6) is 0 Å². The fraction of sp³-hybridized carbons (Fsp3) is 0.0357. The second-order valence-electron chi connectivity index (χ2n) is 15.7. The van der Waals surface area contributed by atoms with E-state index in [1.54, 1.807) is 0 Å². The lowest BCUT2D eigenvalue weighted by Crippen LogP contribution is -2.16. The van der Waals surface area contributed by atoms with Gasteiger partial charge in [-0.1, -0.05) is 133 Å². The van der Waals surface area contributed by atoms with E-state index < -0.39 is 0 Å². The molecule has 11 rings (SSSR count). The first-order valence-electron chi connectivity index (χ1n) is 21.3. The van der Waals surface area contributed by atoms with Crippen LogP contribution < -0.4 is 10.6 Å². The second-order valence-corrected chi connectivity index (χ2v) is 15.7. The van der Waals surface area contributed by atoms with E-state index in [1.165, 1.54) is 10.8 Å². The van der Waals surface area contributed by atoms with Gasteiger partial charge in [-0.05, 0) is 77.4 Å². The third kappa shape index (κ3) is 7.12. The number of amidine groups is 2. The summed E-state index contributed by atoms with van der Waals surface area (Å²) in [5.41, 5.74) is 20.4. The largest absolute Gasteiger partial charge is 0.454 e. The number of furan rings is 1. The fourth-order valence-corrected chi connectivity index (χ4v) is 8.59. The number of nitrogens with two attached hydrogens (primary N) is 1. The van der Waals surface area contributed by atoms with Gasteiger partial charge in [-0.25, -0.2) is 9.98 Å². The summed E-state index contributed by atoms with van der Waals surface area (Å²) >= 11 is 0. The molecule has 0 atom stereocenters. The molecule has 8 nitrogen and oxygen atoms in total. The fourth-order valence-electron chi connectivity index (χ4n) is 8.59. The van der Waals surface area contributed by atoms with E-state index in [0.717, 1.165) is 89.4 Å². The third-order valence-corrected chi connectivity index (χ3v) is 11.8. The number of hydrogen-bond acceptors (Lipinski definition) is 5. The summed E-state index contributed by atoms with van der Waals surface area (Å²) in [6.45, 7) is 0.336. The van der Waals surface area contributed by atoms with E-state index in [-0.39, 0.29) is 0 Å². The van der Waals surface area contributed by atoms with E-state index in [2.05, 4.69) is 131 Å². The standard InChI is InChI=1S/C56H41N7O/c1-62(53-24-12-18-42(60-53)36-59-56(40-16-6-3-7-17-40)61-55(57)39-14-4-2-5-15-39)48-21-10-8-19-44(48)38-27-25-37(26-28-38)41-29-32-50-47(34-41)45-20-9-11-22-49(45)63(50)43-30-31-46-52(35-43)64-51-23-13-33-58-54(46)51/h2-35H,36H2,1H3,(H2,57,59,61). The molecule has 0 bridgehead atoms. The normalized spacial score (nSPS) is 12.1. The van der Waals surface area contributed by atoms with Gasteiger partial charge in [-0.3, -0.25) is 9.98 Å². The van der Waals surface area contributed by atoms with Crippen LogP contribution in [0.2, 0.25) is 0 Å². The molecule has 0 saturated heterocycles. The minimum atomic E-state index is 0.336. The Balaban J connectivity index is 0.875. The first-order chi connectivity index (χ1) is 31.6. The zero-order valence-electron chi connectivity index (χ0n) is 35.0. The number of fused-ring (bicyclic) bond motifs is 6. The Morgan fingerprint density at radius 2 is 1.31 bits per heavy atom. The number of aromatic nitrogens is 3. The van der Waals surface area contributed by atoms with Gasteiger partial charge in [0.15, 0.2) is 11.4 Å². The molecule has 0 aliphatic carbocycles. The van der Waals surface area contributed by atoms with Gasteiger partial charge in [0.1, 0.15) is 22.8 Å². The summed E-state index contributed by atoms with van der Waals surface area (Å²) in [6.07, 6.45) is 1.81. The molecule has 0 aliphatic heterocycles. The number of benzene rings is 7. The van der Waals surface area contributed by atoms with E-state index in [1.807, 2.05) is 97.2 Å². The molecule has 2 N–H and O–H groups in total. The summed E-state index contributed by atoms with van der Waals surface area (Å²) in [7, 11) is 2.06. The molecule has 0 amide bonds. The van der Waals surface area contributed by atoms with Gasteiger partial charge in [-0.2, -0.15) is 0 Å². The van der Waals surface area contributed by atoms with Crippen molar-refractivity contribution in [1.82, 2.24) is 14.5 Å². The number of rotatable bonds is 9. The molecule has 0 aliphatic rings. The molecular weight excluding hydrogens is 787 g/mol. The molecule has 0 radical (unpaired) electrons. The first-order valence-corrected chi connectivity index (χ1v) is 21.3. The van der Waals surface area contributed by atoms with Crippen LogP contribution in [-0.4, -0.2) is 33.3 Å². The molecule has 306 valence electrons. The molecule has 0 saturated carbocycles. The summed E-state index contributed by atoms with van der Waals surface area (Å²) in [5.74, 6) is 1.78. The monoisotopic (exact) mass is 827 g/mol. The Kier molecular flexibility index (Phi) is 9.78. The minimum Gasteiger partial charge on any atom is -0.454 e. The van der Waals surface area contributed by atoms with Gasteiger partial charge < -0.3 is 19.6 Å². The maximum Gasteiger partial charge on any atom is 0.157 e. The zero-order valence-corrected chi connectivity index (χ0v) is 35.0. The highest BCUT2D eigenvalue weighted by atomic mass is 16.3. The lowest BCUT2D eigenvalue weighted by atomic mass is 9.98. The first kappa shape index (κ1) is 38.3. The average molecular weight is 828 g/mol. The molecule has 0 unspecified atom stereocenters. The summed E-state index contributed by atoms with van der Waals surface area (Å²) in [6, 6.07) is 68.6. The van der Waals surface area contributed by atoms with Crippen LogP contribution in [0.1, 0.15) is 16.8 Å². The number of para-hydroxylation sites is 2. The van der Waals surface area contributed by atoms with Crippen molar-refractivity contribution in [3.8, 4) is 27.9 Å². The summed E-state index contributed by atoms with van der Waals surface area (Å²) < 4.78 is 8.56. The van der Waals surface area contributed by atoms with Gasteiger partial charge >= 0.3 is 0 Å². The Morgan fingerprint density at radius 1 is 0.594 bits per heavy atom. The van der Waals surface area contributed by atoms with E-state index >= 15 is 0 Å². The van der Waals surface area contributed by atoms with Crippen molar-refractivity contribution < 1.29 is 4.42 Å². The van der Waals surface area contributed by atoms with Gasteiger partial charge in [0, 0.05) is 63.5 Å². The number of aliphatic imine (C=N–C) groups is 2. The smallest absolute Gasteiger partial charge is 0.157 e. The van der Waals surface area contributed by atoms with Crippen LogP contribution in [0.3, 0.4) is 0 Å². The molecule has 64 heavy (non-hydrogen) atoms. The zero-order chi connectivity index (χ0) is 43.0. The van der Waals surface area contributed by atoms with E-state index in [4.69, 9.17) is 25.1 Å². The van der Waals surface area contributed by atoms with Crippen molar-refractivity contribution in [2.45, 2.75) is 6.54 Å². The topological polar surface area (TPSA) is 97.8 Å². The maximum atomic E-state index is 6.45. The molecule has 4 heterocycles. The van der Waals surface area contributed by atoms with Crippen LogP contribution in [-0.2, 0) is 6.54 Å². The lowest BCUT2D eigenvalue weighted by Gasteiger charge is -2.22. The van der Waals surface area contributed by atoms with Crippen molar-refractivity contribution in [2.75, 3.05) is 11.9 Å². The highest BCUT2D eigenvalue weighted by molar-refractivity contribution is 6.12. The van der Waals surface area contributed by atoms with Crippen LogP contribution in [0.25, 0.3) is 71.8 Å². The summed E-state index contributed by atoms with van der Waals surface area (Å²) in [5, 5.41) is 3.40. The van der Waals surface area contributed by atoms with Crippen LogP contribution in [0.15, 0.2) is 221 Å². The highest BCUT2D eigenvalue weighted by Crippen LogP contribution is 2.38. The van der Waals surface area contributed by atoms with Crippen LogP contribution >= 0.6 is 0 Å². The predicted octanol–water partition coefficient (Wildman–Crippen LogP) is 12.9. The van der Waals surface area contributed by atoms with Crippen molar-refractivity contribution in [3.05, 3.63) is 223 Å².